The number of nitrogens with zero attached hydrogens (tertiary/aromatic N) is 3. The molecule has 2 aromatic rings. The van der Waals surface area contributed by atoms with Gasteiger partial charge in [-0.25, -0.2) is 0 Å². The predicted molar refractivity (Wildman–Crippen MR) is 99.5 cm³/mol. The topological polar surface area (TPSA) is 59.8 Å². The van der Waals surface area contributed by atoms with Crippen molar-refractivity contribution in [1.82, 2.24) is 14.8 Å². The summed E-state index contributed by atoms with van der Waals surface area (Å²) in [6, 6.07) is 7.96. The Balaban J connectivity index is 1.93. The second-order valence-electron chi connectivity index (χ2n) is 5.77. The number of carbonyl (C=O) groups excluding carboxylic acids is 1. The Morgan fingerprint density at radius 1 is 1.33 bits per heavy atom. The second kappa shape index (κ2) is 8.68. The molecule has 24 heavy (non-hydrogen) atoms. The maximum absolute atomic E-state index is 12.1. The standard InChI is InChI=1S/C18H24N4OS/c1-5-11-22-16(6-2)20-21-18(22)24-12-17(23)19-15-9-7-14(8-10-15)13(3)4/h5,7-10,13H,1,6,11-12H2,2-4H3,(H,19,23). The lowest BCUT2D eigenvalue weighted by atomic mass is 10.0. The molecule has 2 rings (SSSR count). The summed E-state index contributed by atoms with van der Waals surface area (Å²) in [5.74, 6) is 1.63. The molecular formula is C18H24N4OS. The molecule has 0 atom stereocenters. The number of hydrogen-bond acceptors (Lipinski definition) is 4. The van der Waals surface area contributed by atoms with Crippen LogP contribution in [-0.4, -0.2) is 26.4 Å². The van der Waals surface area contributed by atoms with Gasteiger partial charge in [-0.05, 0) is 23.6 Å². The minimum absolute atomic E-state index is 0.0523. The van der Waals surface area contributed by atoms with E-state index in [-0.39, 0.29) is 5.91 Å². The molecule has 1 aromatic heterocycles. The minimum Gasteiger partial charge on any atom is -0.325 e. The molecule has 5 nitrogen and oxygen atoms in total. The van der Waals surface area contributed by atoms with Crippen molar-refractivity contribution in [3.8, 4) is 0 Å². The van der Waals surface area contributed by atoms with E-state index in [9.17, 15) is 4.79 Å². The average Bonchev–Trinajstić information content (AvgIpc) is 2.96. The average molecular weight is 344 g/mol. The van der Waals surface area contributed by atoms with Crippen LogP contribution >= 0.6 is 11.8 Å². The molecule has 1 aromatic carbocycles. The maximum atomic E-state index is 12.1. The van der Waals surface area contributed by atoms with Crippen LogP contribution in [-0.2, 0) is 17.8 Å². The number of carbonyl (C=O) groups is 1. The summed E-state index contributed by atoms with van der Waals surface area (Å²) in [7, 11) is 0. The summed E-state index contributed by atoms with van der Waals surface area (Å²) in [6.45, 7) is 10.7. The van der Waals surface area contributed by atoms with Crippen LogP contribution in [0.2, 0.25) is 0 Å². The van der Waals surface area contributed by atoms with Crippen molar-refractivity contribution in [2.75, 3.05) is 11.1 Å². The Morgan fingerprint density at radius 3 is 2.62 bits per heavy atom. The van der Waals surface area contributed by atoms with Crippen LogP contribution in [0.3, 0.4) is 0 Å². The normalized spacial score (nSPS) is 10.8. The van der Waals surface area contributed by atoms with E-state index in [0.717, 1.165) is 23.1 Å². The largest absolute Gasteiger partial charge is 0.325 e. The van der Waals surface area contributed by atoms with Crippen LogP contribution in [0.1, 0.15) is 38.1 Å². The van der Waals surface area contributed by atoms with E-state index in [2.05, 4.69) is 35.9 Å². The van der Waals surface area contributed by atoms with Crippen molar-refractivity contribution < 1.29 is 4.79 Å². The van der Waals surface area contributed by atoms with Crippen LogP contribution < -0.4 is 5.32 Å². The summed E-state index contributed by atoms with van der Waals surface area (Å²) in [4.78, 5) is 12.1. The van der Waals surface area contributed by atoms with Crippen LogP contribution in [0.4, 0.5) is 5.69 Å². The van der Waals surface area contributed by atoms with Gasteiger partial charge in [-0.2, -0.15) is 0 Å². The van der Waals surface area contributed by atoms with Gasteiger partial charge in [0.15, 0.2) is 5.16 Å². The third kappa shape index (κ3) is 4.71. The van der Waals surface area contributed by atoms with E-state index < -0.39 is 0 Å². The molecule has 0 saturated heterocycles. The molecule has 6 heteroatoms. The van der Waals surface area contributed by atoms with Crippen molar-refractivity contribution in [3.63, 3.8) is 0 Å². The third-order valence-electron chi connectivity index (χ3n) is 3.61. The van der Waals surface area contributed by atoms with E-state index in [1.807, 2.05) is 41.8 Å². The first-order chi connectivity index (χ1) is 11.5. The molecule has 0 radical (unpaired) electrons. The first kappa shape index (κ1) is 18.3. The van der Waals surface area contributed by atoms with Gasteiger partial charge in [-0.3, -0.25) is 4.79 Å². The Kier molecular flexibility index (Phi) is 6.61. The molecule has 1 amide bonds. The van der Waals surface area contributed by atoms with Gasteiger partial charge in [0.1, 0.15) is 5.82 Å². The van der Waals surface area contributed by atoms with Gasteiger partial charge in [0.2, 0.25) is 5.91 Å². The van der Waals surface area contributed by atoms with Crippen LogP contribution in [0.25, 0.3) is 0 Å². The van der Waals surface area contributed by atoms with Crippen molar-refractivity contribution >= 4 is 23.4 Å². The van der Waals surface area contributed by atoms with Crippen molar-refractivity contribution in [1.29, 1.82) is 0 Å². The fourth-order valence-corrected chi connectivity index (χ4v) is 3.04. The Morgan fingerprint density at radius 2 is 2.04 bits per heavy atom. The fourth-order valence-electron chi connectivity index (χ4n) is 2.28. The molecule has 0 aliphatic carbocycles. The van der Waals surface area contributed by atoms with Gasteiger partial charge in [0, 0.05) is 18.7 Å². The Hall–Kier alpha value is -2.08. The number of rotatable bonds is 8. The van der Waals surface area contributed by atoms with Crippen molar-refractivity contribution in [2.24, 2.45) is 0 Å². The van der Waals surface area contributed by atoms with E-state index in [1.54, 1.807) is 0 Å². The lowest BCUT2D eigenvalue weighted by Gasteiger charge is -2.09. The molecule has 0 bridgehead atoms. The number of aromatic nitrogens is 3. The van der Waals surface area contributed by atoms with E-state index in [1.165, 1.54) is 17.3 Å². The Bertz CT molecular complexity index is 692. The monoisotopic (exact) mass is 344 g/mol. The highest BCUT2D eigenvalue weighted by atomic mass is 32.2. The number of benzene rings is 1. The van der Waals surface area contributed by atoms with Gasteiger partial charge < -0.3 is 9.88 Å². The quantitative estimate of drug-likeness (QED) is 0.583. The van der Waals surface area contributed by atoms with Gasteiger partial charge in [-0.15, -0.1) is 16.8 Å². The highest BCUT2D eigenvalue weighted by Crippen LogP contribution is 2.19. The zero-order valence-corrected chi connectivity index (χ0v) is 15.3. The first-order valence-corrected chi connectivity index (χ1v) is 9.09. The Labute approximate surface area is 147 Å². The van der Waals surface area contributed by atoms with E-state index in [0.29, 0.717) is 18.2 Å². The van der Waals surface area contributed by atoms with Gasteiger partial charge in [0.05, 0.1) is 5.75 Å². The van der Waals surface area contributed by atoms with Crippen molar-refractivity contribution in [2.45, 2.75) is 44.8 Å². The number of anilines is 1. The predicted octanol–water partition coefficient (Wildman–Crippen LogP) is 3.88. The van der Waals surface area contributed by atoms with Crippen LogP contribution in [0.5, 0.6) is 0 Å². The molecule has 0 unspecified atom stereocenters. The lowest BCUT2D eigenvalue weighted by Crippen LogP contribution is -2.14. The highest BCUT2D eigenvalue weighted by Gasteiger charge is 2.12. The maximum Gasteiger partial charge on any atom is 0.234 e. The van der Waals surface area contributed by atoms with E-state index >= 15 is 0 Å². The zero-order valence-electron chi connectivity index (χ0n) is 14.5. The number of allylic oxidation sites excluding steroid dienone is 1. The van der Waals surface area contributed by atoms with Crippen LogP contribution in [0, 0.1) is 0 Å². The second-order valence-corrected chi connectivity index (χ2v) is 6.71. The molecule has 1 N–H and O–H groups in total. The first-order valence-electron chi connectivity index (χ1n) is 8.10. The minimum atomic E-state index is -0.0523. The molecule has 0 fully saturated rings. The molecule has 0 aliphatic heterocycles. The fraction of sp³-hybridized carbons (Fsp3) is 0.389. The van der Waals surface area contributed by atoms with Gasteiger partial charge >= 0.3 is 0 Å². The molecule has 1 heterocycles. The lowest BCUT2D eigenvalue weighted by molar-refractivity contribution is -0.113. The summed E-state index contributed by atoms with van der Waals surface area (Å²) in [5, 5.41) is 12.0. The summed E-state index contributed by atoms with van der Waals surface area (Å²) in [6.07, 6.45) is 2.61. The van der Waals surface area contributed by atoms with Gasteiger partial charge in [0.25, 0.3) is 0 Å². The zero-order chi connectivity index (χ0) is 17.5. The highest BCUT2D eigenvalue weighted by molar-refractivity contribution is 7.99. The smallest absolute Gasteiger partial charge is 0.234 e. The van der Waals surface area contributed by atoms with Gasteiger partial charge in [-0.1, -0.05) is 50.7 Å². The number of aryl methyl sites for hydroxylation is 1. The number of nitrogens with one attached hydrogen (secondary N) is 1. The summed E-state index contributed by atoms with van der Waals surface area (Å²) >= 11 is 1.39. The molecule has 0 saturated carbocycles. The number of amides is 1. The molecule has 128 valence electrons. The summed E-state index contributed by atoms with van der Waals surface area (Å²) < 4.78 is 1.99. The molecule has 0 spiro atoms. The summed E-state index contributed by atoms with van der Waals surface area (Å²) in [5.41, 5.74) is 2.07. The third-order valence-corrected chi connectivity index (χ3v) is 4.58. The van der Waals surface area contributed by atoms with Crippen LogP contribution in [0.15, 0.2) is 42.1 Å². The number of thioether (sulfide) groups is 1. The van der Waals surface area contributed by atoms with E-state index in [4.69, 9.17) is 0 Å². The number of hydrogen-bond donors (Lipinski definition) is 1. The molecular weight excluding hydrogens is 320 g/mol. The molecule has 0 aliphatic rings. The SMILES string of the molecule is C=CCn1c(CC)nnc1SCC(=O)Nc1ccc(C(C)C)cc1. The van der Waals surface area contributed by atoms with Crippen molar-refractivity contribution in [3.05, 3.63) is 48.3 Å².